The Kier molecular flexibility index (Phi) is 3.24. The lowest BCUT2D eigenvalue weighted by molar-refractivity contribution is -0.121. The van der Waals surface area contributed by atoms with Crippen molar-refractivity contribution in [1.82, 2.24) is 10.6 Å². The highest BCUT2D eigenvalue weighted by atomic mass is 16.3. The molecule has 0 aromatic carbocycles. The molecule has 5 heteroatoms. The average molecular weight is 222 g/mol. The first-order chi connectivity index (χ1) is 7.75. The van der Waals surface area contributed by atoms with Gasteiger partial charge in [-0.15, -0.1) is 0 Å². The van der Waals surface area contributed by atoms with Gasteiger partial charge in [-0.05, 0) is 18.9 Å². The van der Waals surface area contributed by atoms with E-state index in [1.54, 1.807) is 6.07 Å². The van der Waals surface area contributed by atoms with Gasteiger partial charge in [0.1, 0.15) is 6.26 Å². The van der Waals surface area contributed by atoms with Crippen molar-refractivity contribution >= 4 is 11.8 Å². The van der Waals surface area contributed by atoms with Crippen molar-refractivity contribution in [1.29, 1.82) is 0 Å². The van der Waals surface area contributed by atoms with Gasteiger partial charge in [0.15, 0.2) is 0 Å². The number of carbonyl (C=O) groups is 2. The Hall–Kier alpha value is -1.78. The fraction of sp³-hybridized carbons (Fsp3) is 0.455. The number of carbonyl (C=O) groups excluding carboxylic acids is 2. The molecular formula is C11H14N2O3. The second-order valence-electron chi connectivity index (χ2n) is 3.86. The lowest BCUT2D eigenvalue weighted by atomic mass is 10.3. The smallest absolute Gasteiger partial charge is 0.254 e. The van der Waals surface area contributed by atoms with Crippen molar-refractivity contribution in [3.05, 3.63) is 24.2 Å². The van der Waals surface area contributed by atoms with E-state index < -0.39 is 0 Å². The van der Waals surface area contributed by atoms with Crippen molar-refractivity contribution in [3.63, 3.8) is 0 Å². The first-order valence-corrected chi connectivity index (χ1v) is 5.35. The van der Waals surface area contributed by atoms with Crippen molar-refractivity contribution < 1.29 is 14.0 Å². The Labute approximate surface area is 93.2 Å². The minimum absolute atomic E-state index is 0.00464. The van der Waals surface area contributed by atoms with E-state index >= 15 is 0 Å². The monoisotopic (exact) mass is 222 g/mol. The Balaban J connectivity index is 1.63. The van der Waals surface area contributed by atoms with Gasteiger partial charge >= 0.3 is 0 Å². The van der Waals surface area contributed by atoms with Gasteiger partial charge in [0, 0.05) is 19.0 Å². The van der Waals surface area contributed by atoms with E-state index in [4.69, 9.17) is 4.42 Å². The van der Waals surface area contributed by atoms with Crippen LogP contribution in [0, 0.1) is 0 Å². The molecule has 2 amide bonds. The van der Waals surface area contributed by atoms with E-state index in [1.165, 1.54) is 12.5 Å². The molecule has 1 aromatic rings. The quantitative estimate of drug-likeness (QED) is 0.769. The predicted octanol–water partition coefficient (Wildman–Crippen LogP) is 0.678. The Morgan fingerprint density at radius 3 is 2.88 bits per heavy atom. The van der Waals surface area contributed by atoms with Gasteiger partial charge in [-0.1, -0.05) is 0 Å². The topological polar surface area (TPSA) is 71.3 Å². The van der Waals surface area contributed by atoms with Crippen LogP contribution in [0.15, 0.2) is 23.0 Å². The zero-order valence-electron chi connectivity index (χ0n) is 8.86. The van der Waals surface area contributed by atoms with Crippen LogP contribution in [0.4, 0.5) is 0 Å². The molecule has 0 bridgehead atoms. The largest absolute Gasteiger partial charge is 0.472 e. The Bertz CT molecular complexity index is 369. The predicted molar refractivity (Wildman–Crippen MR) is 56.8 cm³/mol. The van der Waals surface area contributed by atoms with Crippen LogP contribution in [0.5, 0.6) is 0 Å². The van der Waals surface area contributed by atoms with E-state index in [-0.39, 0.29) is 11.8 Å². The SMILES string of the molecule is O=C(CCNC(=O)c1ccoc1)NC1CC1. The molecule has 16 heavy (non-hydrogen) atoms. The molecule has 1 fully saturated rings. The lowest BCUT2D eigenvalue weighted by Crippen LogP contribution is -2.31. The lowest BCUT2D eigenvalue weighted by Gasteiger charge is -2.04. The minimum Gasteiger partial charge on any atom is -0.472 e. The van der Waals surface area contributed by atoms with Crippen LogP contribution in [0.25, 0.3) is 0 Å². The molecule has 1 aliphatic rings. The molecule has 86 valence electrons. The molecule has 0 spiro atoms. The summed E-state index contributed by atoms with van der Waals surface area (Å²) in [6, 6.07) is 1.96. The molecule has 0 aliphatic heterocycles. The second-order valence-corrected chi connectivity index (χ2v) is 3.86. The van der Waals surface area contributed by atoms with E-state index in [2.05, 4.69) is 10.6 Å². The van der Waals surface area contributed by atoms with Crippen LogP contribution in [-0.4, -0.2) is 24.4 Å². The normalized spacial score (nSPS) is 14.5. The number of furan rings is 1. The van der Waals surface area contributed by atoms with Gasteiger partial charge in [0.2, 0.25) is 5.91 Å². The molecular weight excluding hydrogens is 208 g/mol. The van der Waals surface area contributed by atoms with Crippen LogP contribution < -0.4 is 10.6 Å². The fourth-order valence-electron chi connectivity index (χ4n) is 1.31. The number of hydrogen-bond donors (Lipinski definition) is 2. The molecule has 0 unspecified atom stereocenters. The third-order valence-corrected chi connectivity index (χ3v) is 2.36. The van der Waals surface area contributed by atoms with E-state index in [9.17, 15) is 9.59 Å². The number of hydrogen-bond acceptors (Lipinski definition) is 3. The minimum atomic E-state index is -0.215. The molecule has 5 nitrogen and oxygen atoms in total. The fourth-order valence-corrected chi connectivity index (χ4v) is 1.31. The zero-order chi connectivity index (χ0) is 11.4. The molecule has 1 saturated carbocycles. The highest BCUT2D eigenvalue weighted by Crippen LogP contribution is 2.18. The average Bonchev–Trinajstić information content (AvgIpc) is 2.90. The summed E-state index contributed by atoms with van der Waals surface area (Å²) in [5.74, 6) is -0.219. The van der Waals surface area contributed by atoms with Gasteiger partial charge in [-0.25, -0.2) is 0 Å². The van der Waals surface area contributed by atoms with Crippen LogP contribution >= 0.6 is 0 Å². The van der Waals surface area contributed by atoms with Gasteiger partial charge in [-0.3, -0.25) is 9.59 Å². The number of amides is 2. The van der Waals surface area contributed by atoms with Gasteiger partial charge in [0.25, 0.3) is 5.91 Å². The standard InChI is InChI=1S/C11H14N2O3/c14-10(13-9-1-2-9)3-5-12-11(15)8-4-6-16-7-8/h4,6-7,9H,1-3,5H2,(H,12,15)(H,13,14). The van der Waals surface area contributed by atoms with Crippen LogP contribution in [0.2, 0.25) is 0 Å². The van der Waals surface area contributed by atoms with Gasteiger partial charge in [0.05, 0.1) is 11.8 Å². The van der Waals surface area contributed by atoms with E-state index in [0.717, 1.165) is 12.8 Å². The summed E-state index contributed by atoms with van der Waals surface area (Å²) in [5.41, 5.74) is 0.475. The van der Waals surface area contributed by atoms with E-state index in [0.29, 0.717) is 24.6 Å². The number of nitrogens with one attached hydrogen (secondary N) is 2. The van der Waals surface area contributed by atoms with Crippen molar-refractivity contribution in [2.75, 3.05) is 6.54 Å². The molecule has 1 aromatic heterocycles. The summed E-state index contributed by atoms with van der Waals surface area (Å²) >= 11 is 0. The maximum absolute atomic E-state index is 11.4. The molecule has 2 N–H and O–H groups in total. The molecule has 0 radical (unpaired) electrons. The molecule has 1 aliphatic carbocycles. The number of rotatable bonds is 5. The Morgan fingerprint density at radius 1 is 1.44 bits per heavy atom. The summed E-state index contributed by atoms with van der Waals surface area (Å²) in [7, 11) is 0. The third kappa shape index (κ3) is 3.12. The Morgan fingerprint density at radius 2 is 2.25 bits per heavy atom. The molecule has 2 rings (SSSR count). The summed E-state index contributed by atoms with van der Waals surface area (Å²) in [6.07, 6.45) is 5.29. The van der Waals surface area contributed by atoms with Gasteiger partial charge < -0.3 is 15.1 Å². The second kappa shape index (κ2) is 4.83. The third-order valence-electron chi connectivity index (χ3n) is 2.36. The molecule has 0 atom stereocenters. The zero-order valence-corrected chi connectivity index (χ0v) is 8.86. The van der Waals surface area contributed by atoms with Crippen LogP contribution in [-0.2, 0) is 4.79 Å². The summed E-state index contributed by atoms with van der Waals surface area (Å²) in [4.78, 5) is 22.7. The summed E-state index contributed by atoms with van der Waals surface area (Å²) in [6.45, 7) is 0.350. The maximum atomic E-state index is 11.4. The van der Waals surface area contributed by atoms with Crippen molar-refractivity contribution in [3.8, 4) is 0 Å². The highest BCUT2D eigenvalue weighted by molar-refractivity contribution is 5.94. The maximum Gasteiger partial charge on any atom is 0.254 e. The first kappa shape index (κ1) is 10.7. The highest BCUT2D eigenvalue weighted by Gasteiger charge is 2.22. The first-order valence-electron chi connectivity index (χ1n) is 5.35. The summed E-state index contributed by atoms with van der Waals surface area (Å²) in [5, 5.41) is 5.50. The van der Waals surface area contributed by atoms with Crippen LogP contribution in [0.1, 0.15) is 29.6 Å². The summed E-state index contributed by atoms with van der Waals surface area (Å²) < 4.78 is 4.78. The van der Waals surface area contributed by atoms with Crippen molar-refractivity contribution in [2.45, 2.75) is 25.3 Å². The molecule has 1 heterocycles. The van der Waals surface area contributed by atoms with E-state index in [1.807, 2.05) is 0 Å². The van der Waals surface area contributed by atoms with Gasteiger partial charge in [-0.2, -0.15) is 0 Å². The van der Waals surface area contributed by atoms with Crippen molar-refractivity contribution in [2.24, 2.45) is 0 Å². The molecule has 0 saturated heterocycles. The van der Waals surface area contributed by atoms with Crippen LogP contribution in [0.3, 0.4) is 0 Å².